The molecule has 4 rings (SSSR count). The van der Waals surface area contributed by atoms with E-state index >= 15 is 0 Å². The molecule has 0 spiro atoms. The Bertz CT molecular complexity index is 929. The average molecular weight is 390 g/mol. The Hall–Kier alpha value is -2.39. The van der Waals surface area contributed by atoms with Gasteiger partial charge < -0.3 is 14.6 Å². The van der Waals surface area contributed by atoms with E-state index in [4.69, 9.17) is 4.74 Å². The van der Waals surface area contributed by atoms with Gasteiger partial charge in [-0.1, -0.05) is 6.07 Å². The number of hydrogen-bond acceptors (Lipinski definition) is 6. The van der Waals surface area contributed by atoms with Gasteiger partial charge in [0.1, 0.15) is 5.75 Å². The van der Waals surface area contributed by atoms with Crippen molar-refractivity contribution in [3.8, 4) is 5.75 Å². The molecule has 0 aliphatic carbocycles. The zero-order valence-electron chi connectivity index (χ0n) is 15.0. The van der Waals surface area contributed by atoms with Crippen molar-refractivity contribution < 1.29 is 17.9 Å². The summed E-state index contributed by atoms with van der Waals surface area (Å²) in [6, 6.07) is 6.43. The van der Waals surface area contributed by atoms with E-state index in [9.17, 15) is 13.2 Å². The summed E-state index contributed by atoms with van der Waals surface area (Å²) in [5.41, 5.74) is 1.45. The minimum Gasteiger partial charge on any atom is -0.497 e. The number of rotatable bonds is 4. The molecule has 0 saturated carbocycles. The molecule has 9 heteroatoms. The Morgan fingerprint density at radius 1 is 1.30 bits per heavy atom. The van der Waals surface area contributed by atoms with E-state index in [0.717, 1.165) is 5.69 Å². The molecule has 2 atom stereocenters. The predicted octanol–water partition coefficient (Wildman–Crippen LogP) is 0.542. The van der Waals surface area contributed by atoms with Crippen LogP contribution in [0, 0.1) is 0 Å². The Kier molecular flexibility index (Phi) is 4.65. The van der Waals surface area contributed by atoms with E-state index in [1.165, 1.54) is 0 Å². The van der Waals surface area contributed by atoms with Crippen molar-refractivity contribution in [3.63, 3.8) is 0 Å². The number of methoxy groups -OCH3 is 1. The summed E-state index contributed by atoms with van der Waals surface area (Å²) < 4.78 is 29.9. The maximum absolute atomic E-state index is 13.1. The average Bonchev–Trinajstić information content (AvgIpc) is 3.28. The van der Waals surface area contributed by atoms with Crippen LogP contribution < -0.4 is 4.74 Å². The van der Waals surface area contributed by atoms with Gasteiger partial charge in [-0.3, -0.25) is 9.69 Å². The third-order valence-electron chi connectivity index (χ3n) is 5.30. The topological polar surface area (TPSA) is 95.6 Å². The number of amides is 1. The Morgan fingerprint density at radius 2 is 2.11 bits per heavy atom. The van der Waals surface area contributed by atoms with Crippen LogP contribution in [-0.4, -0.2) is 77.9 Å². The zero-order valence-corrected chi connectivity index (χ0v) is 15.9. The summed E-state index contributed by atoms with van der Waals surface area (Å²) in [5.74, 6) is 0.539. The molecule has 2 aliphatic rings. The van der Waals surface area contributed by atoms with Gasteiger partial charge in [0.15, 0.2) is 9.84 Å². The molecule has 0 unspecified atom stereocenters. The third kappa shape index (κ3) is 3.57. The molecule has 1 amide bonds. The number of hydrogen-bond donors (Lipinski definition) is 1. The van der Waals surface area contributed by atoms with Crippen LogP contribution in [0.1, 0.15) is 16.1 Å². The van der Waals surface area contributed by atoms with Crippen LogP contribution >= 0.6 is 0 Å². The van der Waals surface area contributed by atoms with Crippen LogP contribution in [0.25, 0.3) is 0 Å². The number of imidazole rings is 1. The second-order valence-corrected chi connectivity index (χ2v) is 9.14. The number of fused-ring (bicyclic) bond motifs is 1. The standard InChI is InChI=1S/C18H22N4O4S/c1-26-15-4-2-3-13(7-15)18(23)22-6-5-21(9-14-8-19-12-20-14)16-10-27(24,25)11-17(16)22/h2-4,7-8,12,16-17H,5-6,9-11H2,1H3,(H,19,20)/t16-,17+/m1/s1. The van der Waals surface area contributed by atoms with E-state index in [1.54, 1.807) is 48.8 Å². The van der Waals surface area contributed by atoms with Gasteiger partial charge in [0, 0.05) is 43.1 Å². The highest BCUT2D eigenvalue weighted by molar-refractivity contribution is 7.91. The highest BCUT2D eigenvalue weighted by Crippen LogP contribution is 2.29. The highest BCUT2D eigenvalue weighted by Gasteiger charge is 2.48. The van der Waals surface area contributed by atoms with Crippen LogP contribution in [-0.2, 0) is 16.4 Å². The van der Waals surface area contributed by atoms with Crippen LogP contribution in [0.4, 0.5) is 0 Å². The van der Waals surface area contributed by atoms with Crippen LogP contribution in [0.3, 0.4) is 0 Å². The number of sulfone groups is 1. The summed E-state index contributed by atoms with van der Waals surface area (Å²) in [6.45, 7) is 1.70. The van der Waals surface area contributed by atoms with Gasteiger partial charge in [-0.15, -0.1) is 0 Å². The van der Waals surface area contributed by atoms with Crippen molar-refractivity contribution in [3.05, 3.63) is 48.0 Å². The Morgan fingerprint density at radius 3 is 2.85 bits per heavy atom. The molecule has 2 aliphatic heterocycles. The van der Waals surface area contributed by atoms with E-state index in [0.29, 0.717) is 30.9 Å². The molecular weight excluding hydrogens is 368 g/mol. The second kappa shape index (κ2) is 6.97. The molecule has 2 fully saturated rings. The number of nitrogens with zero attached hydrogens (tertiary/aromatic N) is 3. The molecule has 1 aromatic carbocycles. The lowest BCUT2D eigenvalue weighted by Crippen LogP contribution is -2.60. The molecule has 1 N–H and O–H groups in total. The number of benzene rings is 1. The zero-order chi connectivity index (χ0) is 19.0. The summed E-state index contributed by atoms with van der Waals surface area (Å²) in [5, 5.41) is 0. The largest absolute Gasteiger partial charge is 0.497 e. The van der Waals surface area contributed by atoms with E-state index in [1.807, 2.05) is 0 Å². The number of nitrogens with one attached hydrogen (secondary N) is 1. The molecule has 2 saturated heterocycles. The summed E-state index contributed by atoms with van der Waals surface area (Å²) >= 11 is 0. The van der Waals surface area contributed by atoms with Crippen molar-refractivity contribution >= 4 is 15.7 Å². The van der Waals surface area contributed by atoms with Crippen molar-refractivity contribution in [2.24, 2.45) is 0 Å². The van der Waals surface area contributed by atoms with Crippen molar-refractivity contribution in [2.45, 2.75) is 18.6 Å². The minimum absolute atomic E-state index is 0.00680. The second-order valence-electron chi connectivity index (χ2n) is 6.99. The lowest BCUT2D eigenvalue weighted by Gasteiger charge is -2.43. The molecule has 8 nitrogen and oxygen atoms in total. The van der Waals surface area contributed by atoms with Crippen LogP contribution in [0.2, 0.25) is 0 Å². The Balaban J connectivity index is 1.59. The van der Waals surface area contributed by atoms with E-state index in [-0.39, 0.29) is 29.5 Å². The van der Waals surface area contributed by atoms with E-state index in [2.05, 4.69) is 14.9 Å². The monoisotopic (exact) mass is 390 g/mol. The molecule has 144 valence electrons. The van der Waals surface area contributed by atoms with Crippen molar-refractivity contribution in [2.75, 3.05) is 31.7 Å². The summed E-state index contributed by atoms with van der Waals surface area (Å²) in [4.78, 5) is 24.0. The Labute approximate surface area is 158 Å². The molecule has 2 aromatic rings. The van der Waals surface area contributed by atoms with Gasteiger partial charge in [0.05, 0.1) is 31.0 Å². The van der Waals surface area contributed by atoms with Gasteiger partial charge in [0.2, 0.25) is 0 Å². The number of ether oxygens (including phenoxy) is 1. The van der Waals surface area contributed by atoms with Gasteiger partial charge in [-0.05, 0) is 18.2 Å². The quantitative estimate of drug-likeness (QED) is 0.819. The maximum atomic E-state index is 13.1. The third-order valence-corrected chi connectivity index (χ3v) is 7.00. The highest BCUT2D eigenvalue weighted by atomic mass is 32.2. The van der Waals surface area contributed by atoms with Gasteiger partial charge in [-0.25, -0.2) is 13.4 Å². The first kappa shape index (κ1) is 18.0. The first-order chi connectivity index (χ1) is 13.0. The molecule has 1 aromatic heterocycles. The normalized spacial score (nSPS) is 24.6. The fourth-order valence-electron chi connectivity index (χ4n) is 3.99. The van der Waals surface area contributed by atoms with E-state index < -0.39 is 9.84 Å². The molecule has 0 bridgehead atoms. The fourth-order valence-corrected chi connectivity index (χ4v) is 6.00. The SMILES string of the molecule is COc1cccc(C(=O)N2CCN(Cc3cnc[nH]3)[C@@H]3CS(=O)(=O)C[C@@H]32)c1. The first-order valence-corrected chi connectivity index (χ1v) is 10.7. The van der Waals surface area contributed by atoms with Gasteiger partial charge in [0.25, 0.3) is 5.91 Å². The van der Waals surface area contributed by atoms with Crippen LogP contribution in [0.15, 0.2) is 36.8 Å². The maximum Gasteiger partial charge on any atom is 0.254 e. The molecule has 27 heavy (non-hydrogen) atoms. The summed E-state index contributed by atoms with van der Waals surface area (Å²) in [7, 11) is -1.64. The lowest BCUT2D eigenvalue weighted by atomic mass is 10.0. The number of carbonyl (C=O) groups is 1. The summed E-state index contributed by atoms with van der Waals surface area (Å²) in [6.07, 6.45) is 3.35. The number of piperazine rings is 1. The molecule has 3 heterocycles. The minimum atomic E-state index is -3.19. The van der Waals surface area contributed by atoms with Gasteiger partial charge >= 0.3 is 0 Å². The predicted molar refractivity (Wildman–Crippen MR) is 99.3 cm³/mol. The number of aromatic amines is 1. The van der Waals surface area contributed by atoms with Crippen molar-refractivity contribution in [1.82, 2.24) is 19.8 Å². The molecule has 0 radical (unpaired) electrons. The molecular formula is C18H22N4O4S. The van der Waals surface area contributed by atoms with Gasteiger partial charge in [-0.2, -0.15) is 0 Å². The number of H-pyrrole nitrogens is 1. The smallest absolute Gasteiger partial charge is 0.254 e. The number of aromatic nitrogens is 2. The fraction of sp³-hybridized carbons (Fsp3) is 0.444. The number of carbonyl (C=O) groups excluding carboxylic acids is 1. The van der Waals surface area contributed by atoms with Crippen molar-refractivity contribution in [1.29, 1.82) is 0 Å². The van der Waals surface area contributed by atoms with Crippen LogP contribution in [0.5, 0.6) is 5.75 Å². The first-order valence-electron chi connectivity index (χ1n) is 8.83. The lowest BCUT2D eigenvalue weighted by molar-refractivity contribution is 0.0302.